The zero-order valence-corrected chi connectivity index (χ0v) is 16.3. The van der Waals surface area contributed by atoms with Crippen molar-refractivity contribution < 1.29 is 14.3 Å². The van der Waals surface area contributed by atoms with Crippen LogP contribution in [-0.4, -0.2) is 44.2 Å². The highest BCUT2D eigenvalue weighted by Gasteiger charge is 2.23. The third-order valence-electron chi connectivity index (χ3n) is 4.37. The number of ether oxygens (including phenoxy) is 2. The van der Waals surface area contributed by atoms with Crippen molar-refractivity contribution in [3.05, 3.63) is 65.7 Å². The standard InChI is InChI=1S/C23H27NO3/c1-4-5-16-24(2)22(23(25)26-3)18-20-11-13-21(14-12-20)27-17-15-19-9-7-6-8-10-19/h6-14,22H,15-18H2,1-3H3/t22-/m0/s1. The SMILES string of the molecule is CC#CCN(C)[C@@H](Cc1ccc(OCCc2ccccc2)cc1)C(=O)OC. The van der Waals surface area contributed by atoms with E-state index in [9.17, 15) is 4.79 Å². The van der Waals surface area contributed by atoms with Gasteiger partial charge in [0.15, 0.2) is 0 Å². The molecule has 0 saturated heterocycles. The van der Waals surface area contributed by atoms with Gasteiger partial charge in [-0.1, -0.05) is 48.4 Å². The molecule has 0 aliphatic carbocycles. The quantitative estimate of drug-likeness (QED) is 0.505. The summed E-state index contributed by atoms with van der Waals surface area (Å²) in [5.41, 5.74) is 2.31. The number of likely N-dealkylation sites (N-methyl/N-ethyl adjacent to an activating group) is 1. The fourth-order valence-electron chi connectivity index (χ4n) is 2.75. The van der Waals surface area contributed by atoms with Crippen molar-refractivity contribution in [3.8, 4) is 17.6 Å². The van der Waals surface area contributed by atoms with Crippen LogP contribution >= 0.6 is 0 Å². The van der Waals surface area contributed by atoms with Crippen LogP contribution in [0.25, 0.3) is 0 Å². The van der Waals surface area contributed by atoms with Crippen LogP contribution in [0, 0.1) is 11.8 Å². The lowest BCUT2D eigenvalue weighted by Gasteiger charge is -2.24. The zero-order valence-electron chi connectivity index (χ0n) is 16.3. The Labute approximate surface area is 162 Å². The molecule has 2 aromatic carbocycles. The molecule has 0 heterocycles. The lowest BCUT2D eigenvalue weighted by Crippen LogP contribution is -2.41. The Bertz CT molecular complexity index is 760. The highest BCUT2D eigenvalue weighted by molar-refractivity contribution is 5.76. The second kappa shape index (κ2) is 11.1. The number of hydrogen-bond donors (Lipinski definition) is 0. The van der Waals surface area contributed by atoms with Gasteiger partial charge in [-0.3, -0.25) is 9.69 Å². The summed E-state index contributed by atoms with van der Waals surface area (Å²) < 4.78 is 10.8. The molecule has 0 aromatic heterocycles. The maximum absolute atomic E-state index is 12.1. The molecule has 0 saturated carbocycles. The smallest absolute Gasteiger partial charge is 0.323 e. The predicted octanol–water partition coefficient (Wildman–Crippen LogP) is 3.35. The van der Waals surface area contributed by atoms with Gasteiger partial charge in [-0.25, -0.2) is 0 Å². The molecule has 0 fully saturated rings. The molecule has 0 aliphatic rings. The van der Waals surface area contributed by atoms with E-state index >= 15 is 0 Å². The number of methoxy groups -OCH3 is 1. The van der Waals surface area contributed by atoms with E-state index in [1.54, 1.807) is 6.92 Å². The first-order valence-electron chi connectivity index (χ1n) is 9.07. The van der Waals surface area contributed by atoms with Crippen LogP contribution in [0.5, 0.6) is 5.75 Å². The molecule has 0 radical (unpaired) electrons. The van der Waals surface area contributed by atoms with Crippen molar-refractivity contribution in [3.63, 3.8) is 0 Å². The molecule has 0 bridgehead atoms. The molecule has 4 heteroatoms. The maximum Gasteiger partial charge on any atom is 0.323 e. The van der Waals surface area contributed by atoms with E-state index in [1.165, 1.54) is 12.7 Å². The van der Waals surface area contributed by atoms with Crippen LogP contribution in [0.4, 0.5) is 0 Å². The van der Waals surface area contributed by atoms with Crippen LogP contribution in [0.2, 0.25) is 0 Å². The number of esters is 1. The van der Waals surface area contributed by atoms with Crippen molar-refractivity contribution in [1.29, 1.82) is 0 Å². The minimum absolute atomic E-state index is 0.251. The minimum atomic E-state index is -0.360. The van der Waals surface area contributed by atoms with Gasteiger partial charge in [0.2, 0.25) is 0 Å². The highest BCUT2D eigenvalue weighted by Crippen LogP contribution is 2.16. The Hall–Kier alpha value is -2.77. The van der Waals surface area contributed by atoms with E-state index in [4.69, 9.17) is 9.47 Å². The Kier molecular flexibility index (Phi) is 8.41. The topological polar surface area (TPSA) is 38.8 Å². The Balaban J connectivity index is 1.91. The number of carbonyl (C=O) groups excluding carboxylic acids is 1. The summed E-state index contributed by atoms with van der Waals surface area (Å²) in [6, 6.07) is 17.8. The Morgan fingerprint density at radius 3 is 2.41 bits per heavy atom. The zero-order chi connectivity index (χ0) is 19.5. The summed E-state index contributed by atoms with van der Waals surface area (Å²) >= 11 is 0. The third-order valence-corrected chi connectivity index (χ3v) is 4.37. The molecule has 0 amide bonds. The summed E-state index contributed by atoms with van der Waals surface area (Å²) in [5, 5.41) is 0. The first-order chi connectivity index (χ1) is 13.1. The largest absolute Gasteiger partial charge is 0.493 e. The van der Waals surface area contributed by atoms with Crippen molar-refractivity contribution >= 4 is 5.97 Å². The molecule has 2 aromatic rings. The van der Waals surface area contributed by atoms with Crippen molar-refractivity contribution in [2.24, 2.45) is 0 Å². The van der Waals surface area contributed by atoms with Crippen LogP contribution in [-0.2, 0) is 22.4 Å². The molecule has 0 N–H and O–H groups in total. The minimum Gasteiger partial charge on any atom is -0.493 e. The molecule has 0 unspecified atom stereocenters. The van der Waals surface area contributed by atoms with Gasteiger partial charge in [0.05, 0.1) is 20.3 Å². The number of carbonyl (C=O) groups is 1. The van der Waals surface area contributed by atoms with Gasteiger partial charge in [-0.2, -0.15) is 0 Å². The Morgan fingerprint density at radius 1 is 1.07 bits per heavy atom. The van der Waals surface area contributed by atoms with Crippen molar-refractivity contribution in [2.45, 2.75) is 25.8 Å². The van der Waals surface area contributed by atoms with Gasteiger partial charge in [-0.15, -0.1) is 5.92 Å². The highest BCUT2D eigenvalue weighted by atomic mass is 16.5. The summed E-state index contributed by atoms with van der Waals surface area (Å²) in [5.74, 6) is 6.42. The van der Waals surface area contributed by atoms with Crippen molar-refractivity contribution in [2.75, 3.05) is 27.3 Å². The molecule has 142 valence electrons. The van der Waals surface area contributed by atoms with Gasteiger partial charge in [0.1, 0.15) is 11.8 Å². The van der Waals surface area contributed by atoms with E-state index < -0.39 is 0 Å². The average molecular weight is 365 g/mol. The molecule has 0 spiro atoms. The molecule has 2 rings (SSSR count). The van der Waals surface area contributed by atoms with Crippen LogP contribution in [0.3, 0.4) is 0 Å². The molecule has 4 nitrogen and oxygen atoms in total. The monoisotopic (exact) mass is 365 g/mol. The van der Waals surface area contributed by atoms with Crippen molar-refractivity contribution in [1.82, 2.24) is 4.90 Å². The first-order valence-corrected chi connectivity index (χ1v) is 9.07. The number of hydrogen-bond acceptors (Lipinski definition) is 4. The molecular weight excluding hydrogens is 338 g/mol. The second-order valence-corrected chi connectivity index (χ2v) is 6.31. The third kappa shape index (κ3) is 6.80. The summed E-state index contributed by atoms with van der Waals surface area (Å²) in [6.07, 6.45) is 1.44. The van der Waals surface area contributed by atoms with Crippen LogP contribution < -0.4 is 4.74 Å². The fraction of sp³-hybridized carbons (Fsp3) is 0.348. The van der Waals surface area contributed by atoms with Gasteiger partial charge < -0.3 is 9.47 Å². The normalized spacial score (nSPS) is 11.4. The van der Waals surface area contributed by atoms with Gasteiger partial charge in [0, 0.05) is 6.42 Å². The number of nitrogens with zero attached hydrogens (tertiary/aromatic N) is 1. The predicted molar refractivity (Wildman–Crippen MR) is 108 cm³/mol. The van der Waals surface area contributed by atoms with Crippen LogP contribution in [0.1, 0.15) is 18.1 Å². The maximum atomic E-state index is 12.1. The van der Waals surface area contributed by atoms with E-state index in [0.717, 1.165) is 17.7 Å². The first kappa shape index (κ1) is 20.5. The van der Waals surface area contributed by atoms with Gasteiger partial charge >= 0.3 is 5.97 Å². The molecule has 1 atom stereocenters. The van der Waals surface area contributed by atoms with E-state index in [0.29, 0.717) is 19.6 Å². The lowest BCUT2D eigenvalue weighted by atomic mass is 10.0. The summed E-state index contributed by atoms with van der Waals surface area (Å²) in [4.78, 5) is 14.0. The molecule has 0 aliphatic heterocycles. The molecule has 27 heavy (non-hydrogen) atoms. The molecular formula is C23H27NO3. The second-order valence-electron chi connectivity index (χ2n) is 6.31. The number of rotatable bonds is 9. The fourth-order valence-corrected chi connectivity index (χ4v) is 2.75. The number of benzene rings is 2. The van der Waals surface area contributed by atoms with Gasteiger partial charge in [0.25, 0.3) is 0 Å². The summed E-state index contributed by atoms with van der Waals surface area (Å²) in [7, 11) is 3.30. The Morgan fingerprint density at radius 2 is 1.78 bits per heavy atom. The van der Waals surface area contributed by atoms with Crippen LogP contribution in [0.15, 0.2) is 54.6 Å². The van der Waals surface area contributed by atoms with E-state index in [1.807, 2.05) is 54.4 Å². The van der Waals surface area contributed by atoms with Gasteiger partial charge in [-0.05, 0) is 43.7 Å². The van der Waals surface area contributed by atoms with E-state index in [-0.39, 0.29) is 12.0 Å². The summed E-state index contributed by atoms with van der Waals surface area (Å²) in [6.45, 7) is 2.95. The van der Waals surface area contributed by atoms with E-state index in [2.05, 4.69) is 24.0 Å². The lowest BCUT2D eigenvalue weighted by molar-refractivity contribution is -0.146. The average Bonchev–Trinajstić information content (AvgIpc) is 2.71.